The van der Waals surface area contributed by atoms with E-state index in [1.165, 1.54) is 12.8 Å². The molecule has 3 unspecified atom stereocenters. The smallest absolute Gasteiger partial charge is 0.268 e. The van der Waals surface area contributed by atoms with Crippen LogP contribution < -0.4 is 5.32 Å². The first-order valence-electron chi connectivity index (χ1n) is 7.19. The third-order valence-corrected chi connectivity index (χ3v) is 4.89. The molecular weight excluding hydrogens is 304 g/mol. The number of aromatic nitrogens is 1. The first kappa shape index (κ1) is 14.6. The van der Waals surface area contributed by atoms with Crippen molar-refractivity contribution in [2.24, 2.45) is 11.8 Å². The number of hydrogen-bond donors (Lipinski definition) is 1. The Kier molecular flexibility index (Phi) is 4.71. The van der Waals surface area contributed by atoms with Crippen molar-refractivity contribution < 1.29 is 4.79 Å². The van der Waals surface area contributed by atoms with Crippen molar-refractivity contribution in [1.82, 2.24) is 9.88 Å². The summed E-state index contributed by atoms with van der Waals surface area (Å²) in [6.45, 7) is 7.40. The van der Waals surface area contributed by atoms with Crippen LogP contribution in [0, 0.1) is 11.8 Å². The minimum Gasteiger partial charge on any atom is -0.348 e. The fraction of sp³-hybridized carbons (Fsp3) is 0.667. The molecule has 2 rings (SSSR count). The third kappa shape index (κ3) is 3.22. The van der Waals surface area contributed by atoms with Gasteiger partial charge in [-0.15, -0.1) is 0 Å². The number of carbonyl (C=O) groups excluding carboxylic acids is 1. The molecule has 3 atom stereocenters. The van der Waals surface area contributed by atoms with Gasteiger partial charge in [0.1, 0.15) is 5.69 Å². The van der Waals surface area contributed by atoms with E-state index in [0.29, 0.717) is 17.9 Å². The Bertz CT molecular complexity index is 455. The van der Waals surface area contributed by atoms with Crippen molar-refractivity contribution in [3.8, 4) is 0 Å². The number of hydrogen-bond acceptors (Lipinski definition) is 1. The second kappa shape index (κ2) is 6.12. The summed E-state index contributed by atoms with van der Waals surface area (Å²) in [6.07, 6.45) is 5.56. The highest BCUT2D eigenvalue weighted by molar-refractivity contribution is 9.10. The maximum Gasteiger partial charge on any atom is 0.268 e. The largest absolute Gasteiger partial charge is 0.348 e. The van der Waals surface area contributed by atoms with E-state index in [1.54, 1.807) is 0 Å². The number of carbonyl (C=O) groups is 1. The third-order valence-electron chi connectivity index (χ3n) is 4.46. The molecule has 0 radical (unpaired) electrons. The molecule has 19 heavy (non-hydrogen) atoms. The quantitative estimate of drug-likeness (QED) is 0.900. The summed E-state index contributed by atoms with van der Waals surface area (Å²) >= 11 is 3.44. The van der Waals surface area contributed by atoms with Crippen LogP contribution in [-0.4, -0.2) is 16.5 Å². The fourth-order valence-electron chi connectivity index (χ4n) is 2.95. The maximum absolute atomic E-state index is 12.4. The zero-order valence-electron chi connectivity index (χ0n) is 11.9. The predicted molar refractivity (Wildman–Crippen MR) is 81.2 cm³/mol. The van der Waals surface area contributed by atoms with E-state index in [0.717, 1.165) is 23.1 Å². The molecule has 1 aromatic rings. The minimum atomic E-state index is 0.0542. The molecule has 1 N–H and O–H groups in total. The summed E-state index contributed by atoms with van der Waals surface area (Å²) in [5.74, 6) is 1.31. The van der Waals surface area contributed by atoms with E-state index >= 15 is 0 Å². The monoisotopic (exact) mass is 326 g/mol. The molecule has 1 fully saturated rings. The van der Waals surface area contributed by atoms with Gasteiger partial charge in [0.25, 0.3) is 5.91 Å². The Morgan fingerprint density at radius 1 is 1.47 bits per heavy atom. The van der Waals surface area contributed by atoms with Crippen LogP contribution in [0.25, 0.3) is 0 Å². The van der Waals surface area contributed by atoms with E-state index in [-0.39, 0.29) is 5.91 Å². The van der Waals surface area contributed by atoms with Gasteiger partial charge >= 0.3 is 0 Å². The van der Waals surface area contributed by atoms with E-state index in [1.807, 2.05) is 16.8 Å². The molecule has 1 aliphatic rings. The van der Waals surface area contributed by atoms with Gasteiger partial charge in [-0.25, -0.2) is 0 Å². The summed E-state index contributed by atoms with van der Waals surface area (Å²) in [6, 6.07) is 2.21. The summed E-state index contributed by atoms with van der Waals surface area (Å²) in [5, 5.41) is 3.22. The lowest BCUT2D eigenvalue weighted by molar-refractivity contribution is 0.0882. The van der Waals surface area contributed by atoms with Crippen molar-refractivity contribution >= 4 is 21.8 Å². The number of nitrogens with one attached hydrogen (secondary N) is 1. The molecule has 1 amide bonds. The fourth-order valence-corrected chi connectivity index (χ4v) is 3.42. The van der Waals surface area contributed by atoms with Gasteiger partial charge in [-0.3, -0.25) is 4.79 Å². The Hall–Kier alpha value is -0.770. The normalized spacial score (nSPS) is 27.3. The molecule has 3 nitrogen and oxygen atoms in total. The van der Waals surface area contributed by atoms with E-state index in [4.69, 9.17) is 0 Å². The van der Waals surface area contributed by atoms with Crippen LogP contribution >= 0.6 is 15.9 Å². The molecule has 0 spiro atoms. The Labute approximate surface area is 123 Å². The molecule has 0 aromatic carbocycles. The number of rotatable bonds is 3. The van der Waals surface area contributed by atoms with Gasteiger partial charge in [-0.05, 0) is 47.2 Å². The van der Waals surface area contributed by atoms with E-state index in [2.05, 4.69) is 42.0 Å². The Morgan fingerprint density at radius 2 is 2.21 bits per heavy atom. The SMILES string of the molecule is CCn1cc(Br)cc1C(=O)NC1CCCC(C)C1C. The van der Waals surface area contributed by atoms with Crippen LogP contribution in [0.3, 0.4) is 0 Å². The standard InChI is InChI=1S/C15H23BrN2O/c1-4-18-9-12(16)8-14(18)15(19)17-13-7-5-6-10(2)11(13)3/h8-11,13H,4-7H2,1-3H3,(H,17,19). The molecule has 1 aliphatic carbocycles. The van der Waals surface area contributed by atoms with Crippen LogP contribution in [0.4, 0.5) is 0 Å². The van der Waals surface area contributed by atoms with Crippen molar-refractivity contribution in [2.75, 3.05) is 0 Å². The summed E-state index contributed by atoms with van der Waals surface area (Å²) in [5.41, 5.74) is 0.750. The lowest BCUT2D eigenvalue weighted by Crippen LogP contribution is -2.44. The highest BCUT2D eigenvalue weighted by Gasteiger charge is 2.28. The van der Waals surface area contributed by atoms with Gasteiger partial charge in [0, 0.05) is 23.3 Å². The molecule has 0 saturated heterocycles. The topological polar surface area (TPSA) is 34.0 Å². The molecule has 0 aliphatic heterocycles. The van der Waals surface area contributed by atoms with Crippen molar-refractivity contribution in [3.63, 3.8) is 0 Å². The average Bonchev–Trinajstić information content (AvgIpc) is 2.76. The van der Waals surface area contributed by atoms with Gasteiger partial charge in [-0.2, -0.15) is 0 Å². The van der Waals surface area contributed by atoms with Gasteiger partial charge in [-0.1, -0.05) is 26.7 Å². The highest BCUT2D eigenvalue weighted by Crippen LogP contribution is 2.29. The zero-order chi connectivity index (χ0) is 14.0. The zero-order valence-corrected chi connectivity index (χ0v) is 13.5. The number of aryl methyl sites for hydroxylation is 1. The Morgan fingerprint density at radius 3 is 2.89 bits per heavy atom. The summed E-state index contributed by atoms with van der Waals surface area (Å²) in [7, 11) is 0. The lowest BCUT2D eigenvalue weighted by Gasteiger charge is -2.34. The number of amides is 1. The van der Waals surface area contributed by atoms with Crippen LogP contribution in [0.2, 0.25) is 0 Å². The number of halogens is 1. The second-order valence-corrected chi connectivity index (χ2v) is 6.59. The number of nitrogens with zero attached hydrogens (tertiary/aromatic N) is 1. The van der Waals surface area contributed by atoms with Gasteiger partial charge in [0.15, 0.2) is 0 Å². The lowest BCUT2D eigenvalue weighted by atomic mass is 9.78. The minimum absolute atomic E-state index is 0.0542. The molecule has 1 heterocycles. The van der Waals surface area contributed by atoms with Crippen LogP contribution in [0.5, 0.6) is 0 Å². The maximum atomic E-state index is 12.4. The van der Waals surface area contributed by atoms with E-state index in [9.17, 15) is 4.79 Å². The van der Waals surface area contributed by atoms with Crippen LogP contribution in [0.15, 0.2) is 16.7 Å². The van der Waals surface area contributed by atoms with E-state index < -0.39 is 0 Å². The molecular formula is C15H23BrN2O. The van der Waals surface area contributed by atoms with Gasteiger partial charge < -0.3 is 9.88 Å². The first-order chi connectivity index (χ1) is 9.02. The molecule has 106 valence electrons. The van der Waals surface area contributed by atoms with Gasteiger partial charge in [0.05, 0.1) is 0 Å². The first-order valence-corrected chi connectivity index (χ1v) is 7.98. The van der Waals surface area contributed by atoms with Crippen molar-refractivity contribution in [1.29, 1.82) is 0 Å². The highest BCUT2D eigenvalue weighted by atomic mass is 79.9. The van der Waals surface area contributed by atoms with Crippen molar-refractivity contribution in [3.05, 3.63) is 22.4 Å². The van der Waals surface area contributed by atoms with Gasteiger partial charge in [0.2, 0.25) is 0 Å². The van der Waals surface area contributed by atoms with Crippen LogP contribution in [0.1, 0.15) is 50.5 Å². The summed E-state index contributed by atoms with van der Waals surface area (Å²) in [4.78, 5) is 12.4. The molecule has 1 saturated carbocycles. The molecule has 0 bridgehead atoms. The average molecular weight is 327 g/mol. The van der Waals surface area contributed by atoms with Crippen LogP contribution in [-0.2, 0) is 6.54 Å². The summed E-state index contributed by atoms with van der Waals surface area (Å²) < 4.78 is 2.95. The Balaban J connectivity index is 2.08. The van der Waals surface area contributed by atoms with Crippen molar-refractivity contribution in [2.45, 2.75) is 52.6 Å². The molecule has 1 aromatic heterocycles. The second-order valence-electron chi connectivity index (χ2n) is 5.68. The molecule has 4 heteroatoms. The predicted octanol–water partition coefficient (Wildman–Crippen LogP) is 3.83.